The van der Waals surface area contributed by atoms with Gasteiger partial charge in [0.2, 0.25) is 0 Å². The van der Waals surface area contributed by atoms with Gasteiger partial charge in [-0.15, -0.1) is 0 Å². The number of rotatable bonds is 5. The maximum Gasteiger partial charge on any atom is 0.339 e. The molecule has 6 heteroatoms. The maximum absolute atomic E-state index is 13.5. The summed E-state index contributed by atoms with van der Waals surface area (Å²) < 4.78 is 12.2. The van der Waals surface area contributed by atoms with Crippen LogP contribution in [0.25, 0.3) is 32.7 Å². The van der Waals surface area contributed by atoms with Crippen molar-refractivity contribution in [2.75, 3.05) is 0 Å². The van der Waals surface area contributed by atoms with Crippen molar-refractivity contribution in [3.8, 4) is 11.1 Å². The van der Waals surface area contributed by atoms with Crippen LogP contribution in [0, 0.1) is 0 Å². The van der Waals surface area contributed by atoms with Gasteiger partial charge < -0.3 is 20.1 Å². The molecule has 4 aromatic rings. The number of ether oxygens (including phenoxy) is 2. The van der Waals surface area contributed by atoms with Crippen LogP contribution in [0.5, 0.6) is 0 Å². The van der Waals surface area contributed by atoms with Crippen LogP contribution in [-0.4, -0.2) is 46.3 Å². The second kappa shape index (κ2) is 11.5. The third kappa shape index (κ3) is 6.98. The molecule has 2 N–H and O–H groups in total. The predicted molar refractivity (Wildman–Crippen MR) is 186 cm³/mol. The van der Waals surface area contributed by atoms with Gasteiger partial charge in [-0.2, -0.15) is 0 Å². The minimum absolute atomic E-state index is 0.114. The number of carbonyl (C=O) groups excluding carboxylic acids is 2. The summed E-state index contributed by atoms with van der Waals surface area (Å²) in [5, 5.41) is 11.2. The third-order valence-electron chi connectivity index (χ3n) is 9.38. The fraction of sp³-hybridized carbons (Fsp3) is 0.450. The molecule has 0 aliphatic carbocycles. The van der Waals surface area contributed by atoms with E-state index in [0.717, 1.165) is 58.4 Å². The summed E-state index contributed by atoms with van der Waals surface area (Å²) in [6, 6.07) is 23.9. The van der Waals surface area contributed by atoms with Crippen LogP contribution in [0.4, 0.5) is 0 Å². The van der Waals surface area contributed by atoms with Crippen LogP contribution in [-0.2, 0) is 9.47 Å². The molecular weight excluding hydrogens is 572 g/mol. The zero-order valence-electron chi connectivity index (χ0n) is 28.5. The van der Waals surface area contributed by atoms with E-state index in [1.165, 1.54) is 0 Å². The summed E-state index contributed by atoms with van der Waals surface area (Å²) in [5.41, 5.74) is 2.69. The zero-order valence-corrected chi connectivity index (χ0v) is 28.5. The molecule has 0 radical (unpaired) electrons. The highest BCUT2D eigenvalue weighted by atomic mass is 16.5. The SMILES string of the molecule is CC1(C)CC(OC(=O)c2ccc3cccc(-c4ccc5c(C(=O)OC6CC(C)(C)NC(C)(C)C6)cccc5c4)c3c2)CC(C)(C)N1. The van der Waals surface area contributed by atoms with E-state index in [1.54, 1.807) is 0 Å². The van der Waals surface area contributed by atoms with Crippen LogP contribution >= 0.6 is 0 Å². The van der Waals surface area contributed by atoms with E-state index in [-0.39, 0.29) is 46.3 Å². The Labute approximate surface area is 273 Å². The molecule has 0 aromatic heterocycles. The van der Waals surface area contributed by atoms with Crippen LogP contribution in [0.1, 0.15) is 102 Å². The van der Waals surface area contributed by atoms with E-state index < -0.39 is 0 Å². The predicted octanol–water partition coefficient (Wildman–Crippen LogP) is 8.59. The lowest BCUT2D eigenvalue weighted by molar-refractivity contribution is -0.00756. The first kappa shape index (κ1) is 32.2. The van der Waals surface area contributed by atoms with E-state index in [1.807, 2.05) is 48.5 Å². The Hall–Kier alpha value is -3.74. The highest BCUT2D eigenvalue weighted by molar-refractivity contribution is 6.07. The van der Waals surface area contributed by atoms with Gasteiger partial charge in [-0.3, -0.25) is 0 Å². The third-order valence-corrected chi connectivity index (χ3v) is 9.38. The molecule has 242 valence electrons. The second-order valence-electron chi connectivity index (χ2n) is 16.1. The number of hydrogen-bond donors (Lipinski definition) is 2. The number of piperidine rings is 2. The Morgan fingerprint density at radius 1 is 0.587 bits per heavy atom. The van der Waals surface area contributed by atoms with E-state index >= 15 is 0 Å². The van der Waals surface area contributed by atoms with Gasteiger partial charge in [-0.05, 0) is 112 Å². The number of hydrogen-bond acceptors (Lipinski definition) is 6. The Balaban J connectivity index is 1.27. The van der Waals surface area contributed by atoms with Crippen molar-refractivity contribution >= 4 is 33.5 Å². The van der Waals surface area contributed by atoms with Crippen molar-refractivity contribution in [3.05, 3.63) is 83.9 Å². The lowest BCUT2D eigenvalue weighted by Crippen LogP contribution is -2.59. The van der Waals surface area contributed by atoms with Gasteiger partial charge in [-0.25, -0.2) is 9.59 Å². The molecule has 0 unspecified atom stereocenters. The van der Waals surface area contributed by atoms with Crippen molar-refractivity contribution in [3.63, 3.8) is 0 Å². The largest absolute Gasteiger partial charge is 0.459 e. The molecule has 2 aliphatic rings. The minimum atomic E-state index is -0.294. The molecule has 6 nitrogen and oxygen atoms in total. The molecule has 46 heavy (non-hydrogen) atoms. The average Bonchev–Trinajstić information content (AvgIpc) is 2.92. The van der Waals surface area contributed by atoms with Crippen molar-refractivity contribution < 1.29 is 19.1 Å². The quantitative estimate of drug-likeness (QED) is 0.218. The Kier molecular flexibility index (Phi) is 8.05. The molecule has 6 rings (SSSR count). The Bertz CT molecular complexity index is 1790. The average molecular weight is 621 g/mol. The lowest BCUT2D eigenvalue weighted by Gasteiger charge is -2.45. The summed E-state index contributed by atoms with van der Waals surface area (Å²) in [5.74, 6) is -0.580. The van der Waals surface area contributed by atoms with Crippen LogP contribution in [0.3, 0.4) is 0 Å². The maximum atomic E-state index is 13.5. The summed E-state index contributed by atoms with van der Waals surface area (Å²) in [6.07, 6.45) is 2.75. The van der Waals surface area contributed by atoms with Gasteiger partial charge in [0.05, 0.1) is 11.1 Å². The van der Waals surface area contributed by atoms with E-state index in [0.29, 0.717) is 11.1 Å². The van der Waals surface area contributed by atoms with Gasteiger partial charge in [-0.1, -0.05) is 48.5 Å². The van der Waals surface area contributed by atoms with Gasteiger partial charge >= 0.3 is 11.9 Å². The van der Waals surface area contributed by atoms with Crippen molar-refractivity contribution in [1.82, 2.24) is 10.6 Å². The summed E-state index contributed by atoms with van der Waals surface area (Å²) in [7, 11) is 0. The van der Waals surface area contributed by atoms with Gasteiger partial charge in [0.25, 0.3) is 0 Å². The summed E-state index contributed by atoms with van der Waals surface area (Å²) in [4.78, 5) is 26.9. The molecule has 4 aromatic carbocycles. The molecule has 0 saturated carbocycles. The van der Waals surface area contributed by atoms with E-state index in [9.17, 15) is 9.59 Å². The molecule has 2 fully saturated rings. The van der Waals surface area contributed by atoms with Gasteiger partial charge in [0, 0.05) is 47.8 Å². The molecule has 0 spiro atoms. The number of fused-ring (bicyclic) bond motifs is 2. The van der Waals surface area contributed by atoms with E-state index in [4.69, 9.17) is 9.47 Å². The molecule has 2 aliphatic heterocycles. The highest BCUT2D eigenvalue weighted by Crippen LogP contribution is 2.35. The van der Waals surface area contributed by atoms with Crippen LogP contribution in [0.2, 0.25) is 0 Å². The standard InChI is InChI=1S/C40H48N2O4/c1-37(2)21-29(22-38(3,4)41-37)45-35(43)28-16-15-25-11-9-13-31(34(25)20-28)27-17-18-32-26(19-27)12-10-14-33(32)36(44)46-30-23-39(5,6)42-40(7,8)24-30/h9-20,29-30,41-42H,21-24H2,1-8H3. The van der Waals surface area contributed by atoms with Crippen molar-refractivity contribution in [2.24, 2.45) is 0 Å². The molecule has 0 amide bonds. The lowest BCUT2D eigenvalue weighted by atomic mass is 9.81. The van der Waals surface area contributed by atoms with Gasteiger partial charge in [0.1, 0.15) is 12.2 Å². The van der Waals surface area contributed by atoms with Gasteiger partial charge in [0.15, 0.2) is 0 Å². The topological polar surface area (TPSA) is 76.7 Å². The number of benzene rings is 4. The molecule has 0 bridgehead atoms. The first-order chi connectivity index (χ1) is 21.5. The molecule has 0 atom stereocenters. The summed E-state index contributed by atoms with van der Waals surface area (Å²) >= 11 is 0. The minimum Gasteiger partial charge on any atom is -0.459 e. The normalized spacial score (nSPS) is 20.8. The van der Waals surface area contributed by atoms with Crippen LogP contribution < -0.4 is 10.6 Å². The number of nitrogens with one attached hydrogen (secondary N) is 2. The van der Waals surface area contributed by atoms with E-state index in [2.05, 4.69) is 90.3 Å². The smallest absolute Gasteiger partial charge is 0.339 e. The second-order valence-corrected chi connectivity index (χ2v) is 16.1. The number of carbonyl (C=O) groups is 2. The summed E-state index contributed by atoms with van der Waals surface area (Å²) in [6.45, 7) is 17.2. The molecule has 2 heterocycles. The Morgan fingerprint density at radius 3 is 1.74 bits per heavy atom. The molecule has 2 saturated heterocycles. The Morgan fingerprint density at radius 2 is 1.13 bits per heavy atom. The van der Waals surface area contributed by atoms with Crippen LogP contribution in [0.15, 0.2) is 72.8 Å². The number of esters is 2. The monoisotopic (exact) mass is 620 g/mol. The highest BCUT2D eigenvalue weighted by Gasteiger charge is 2.40. The van der Waals surface area contributed by atoms with Crippen molar-refractivity contribution in [1.29, 1.82) is 0 Å². The molecular formula is C40H48N2O4. The first-order valence-electron chi connectivity index (χ1n) is 16.5. The fourth-order valence-electron chi connectivity index (χ4n) is 8.34. The zero-order chi connectivity index (χ0) is 33.1. The first-order valence-corrected chi connectivity index (χ1v) is 16.5. The van der Waals surface area contributed by atoms with Crippen molar-refractivity contribution in [2.45, 2.75) is 115 Å². The fourth-order valence-corrected chi connectivity index (χ4v) is 8.34.